The summed E-state index contributed by atoms with van der Waals surface area (Å²) in [5.41, 5.74) is 0.425. The Kier molecular flexibility index (Phi) is 7.22. The molecule has 1 aromatic rings. The molecule has 2 atom stereocenters. The highest BCUT2D eigenvalue weighted by Crippen LogP contribution is 2.16. The summed E-state index contributed by atoms with van der Waals surface area (Å²) in [6, 6.07) is 7.89. The van der Waals surface area contributed by atoms with Gasteiger partial charge in [-0.25, -0.2) is 14.4 Å². The number of rotatable bonds is 8. The number of urea groups is 1. The normalized spacial score (nSPS) is 17.4. The van der Waals surface area contributed by atoms with Crippen molar-refractivity contribution in [1.82, 2.24) is 10.6 Å². The number of amides is 2. The van der Waals surface area contributed by atoms with Gasteiger partial charge in [0, 0.05) is 0 Å². The standard InChI is InChI=1S/C19H24N2O6/c1-4-15(27-13-9-7-6-8-10-13)17(22)26-11-14-16(18(23)25-5-2)12(3)20-19(24)21-14/h6-10,12,15H,4-5,11H2,1-3H3,(H2,20,21,24)/t12-,15-/m1/s1. The monoisotopic (exact) mass is 376 g/mol. The van der Waals surface area contributed by atoms with Crippen molar-refractivity contribution in [2.24, 2.45) is 0 Å². The van der Waals surface area contributed by atoms with Crippen molar-refractivity contribution in [3.8, 4) is 5.75 Å². The molecule has 0 radical (unpaired) electrons. The summed E-state index contributed by atoms with van der Waals surface area (Å²) >= 11 is 0. The van der Waals surface area contributed by atoms with E-state index in [1.54, 1.807) is 45.0 Å². The van der Waals surface area contributed by atoms with Gasteiger partial charge in [0.1, 0.15) is 12.4 Å². The van der Waals surface area contributed by atoms with Gasteiger partial charge in [-0.2, -0.15) is 0 Å². The molecule has 0 bridgehead atoms. The maximum atomic E-state index is 12.4. The predicted octanol–water partition coefficient (Wildman–Crippen LogP) is 1.91. The lowest BCUT2D eigenvalue weighted by molar-refractivity contribution is -0.151. The lowest BCUT2D eigenvalue weighted by atomic mass is 10.0. The fraction of sp³-hybridized carbons (Fsp3) is 0.421. The summed E-state index contributed by atoms with van der Waals surface area (Å²) in [5, 5.41) is 5.09. The highest BCUT2D eigenvalue weighted by Gasteiger charge is 2.31. The maximum Gasteiger partial charge on any atom is 0.347 e. The van der Waals surface area contributed by atoms with Crippen LogP contribution < -0.4 is 15.4 Å². The van der Waals surface area contributed by atoms with Crippen LogP contribution in [0.3, 0.4) is 0 Å². The van der Waals surface area contributed by atoms with Gasteiger partial charge in [0.2, 0.25) is 0 Å². The number of carbonyl (C=O) groups excluding carboxylic acids is 3. The molecule has 2 N–H and O–H groups in total. The number of esters is 2. The molecular formula is C19H24N2O6. The van der Waals surface area contributed by atoms with Crippen molar-refractivity contribution in [2.45, 2.75) is 39.3 Å². The molecule has 1 heterocycles. The van der Waals surface area contributed by atoms with Gasteiger partial charge in [0.05, 0.1) is 23.9 Å². The Labute approximate surface area is 157 Å². The number of ether oxygens (including phenoxy) is 3. The van der Waals surface area contributed by atoms with Crippen LogP contribution in [-0.4, -0.2) is 43.3 Å². The fourth-order valence-corrected chi connectivity index (χ4v) is 2.59. The molecule has 0 aromatic heterocycles. The summed E-state index contributed by atoms with van der Waals surface area (Å²) in [6.45, 7) is 5.06. The molecule has 0 fully saturated rings. The second-order valence-corrected chi connectivity index (χ2v) is 5.87. The Morgan fingerprint density at radius 2 is 1.85 bits per heavy atom. The summed E-state index contributed by atoms with van der Waals surface area (Å²) in [7, 11) is 0. The highest BCUT2D eigenvalue weighted by atomic mass is 16.6. The first-order valence-electron chi connectivity index (χ1n) is 8.82. The van der Waals surface area contributed by atoms with E-state index in [1.165, 1.54) is 0 Å². The first kappa shape index (κ1) is 20.3. The lowest BCUT2D eigenvalue weighted by Gasteiger charge is -2.26. The summed E-state index contributed by atoms with van der Waals surface area (Å²) in [5.74, 6) is -0.606. The minimum absolute atomic E-state index is 0.193. The van der Waals surface area contributed by atoms with E-state index >= 15 is 0 Å². The molecule has 0 aliphatic carbocycles. The van der Waals surface area contributed by atoms with Crippen LogP contribution in [0.2, 0.25) is 0 Å². The van der Waals surface area contributed by atoms with E-state index in [9.17, 15) is 14.4 Å². The SMILES string of the molecule is CCOC(=O)C1=C(COC(=O)[C@@H](CC)Oc2ccccc2)NC(=O)N[C@@H]1C. The van der Waals surface area contributed by atoms with E-state index in [0.717, 1.165) is 0 Å². The second-order valence-electron chi connectivity index (χ2n) is 5.87. The summed E-state index contributed by atoms with van der Waals surface area (Å²) in [4.78, 5) is 36.2. The molecule has 27 heavy (non-hydrogen) atoms. The number of hydrogen-bond donors (Lipinski definition) is 2. The molecule has 1 aromatic carbocycles. The van der Waals surface area contributed by atoms with Gasteiger partial charge in [0.15, 0.2) is 6.10 Å². The van der Waals surface area contributed by atoms with Crippen LogP contribution in [0.15, 0.2) is 41.6 Å². The fourth-order valence-electron chi connectivity index (χ4n) is 2.59. The molecule has 1 aliphatic rings. The maximum absolute atomic E-state index is 12.4. The van der Waals surface area contributed by atoms with Crippen LogP contribution in [0.4, 0.5) is 4.79 Å². The molecule has 2 amide bonds. The Balaban J connectivity index is 2.08. The number of benzene rings is 1. The first-order valence-corrected chi connectivity index (χ1v) is 8.82. The largest absolute Gasteiger partial charge is 0.479 e. The van der Waals surface area contributed by atoms with Crippen molar-refractivity contribution in [1.29, 1.82) is 0 Å². The Hall–Kier alpha value is -3.03. The molecule has 0 saturated heterocycles. The van der Waals surface area contributed by atoms with Gasteiger partial charge in [-0.15, -0.1) is 0 Å². The van der Waals surface area contributed by atoms with Crippen LogP contribution in [0, 0.1) is 0 Å². The number of carbonyl (C=O) groups is 3. The van der Waals surface area contributed by atoms with Crippen molar-refractivity contribution in [3.63, 3.8) is 0 Å². The molecule has 0 unspecified atom stereocenters. The number of nitrogens with one attached hydrogen (secondary N) is 2. The number of para-hydroxylation sites is 1. The molecule has 8 heteroatoms. The van der Waals surface area contributed by atoms with Gasteiger partial charge in [0.25, 0.3) is 0 Å². The third-order valence-corrected chi connectivity index (χ3v) is 3.88. The molecule has 0 spiro atoms. The topological polar surface area (TPSA) is 103 Å². The Morgan fingerprint density at radius 1 is 1.15 bits per heavy atom. The molecule has 8 nitrogen and oxygen atoms in total. The third-order valence-electron chi connectivity index (χ3n) is 3.88. The molecule has 0 saturated carbocycles. The van der Waals surface area contributed by atoms with Crippen molar-refractivity contribution < 1.29 is 28.6 Å². The second kappa shape index (κ2) is 9.61. The van der Waals surface area contributed by atoms with Gasteiger partial charge in [-0.1, -0.05) is 25.1 Å². The first-order chi connectivity index (χ1) is 13.0. The quantitative estimate of drug-likeness (QED) is 0.672. The van der Waals surface area contributed by atoms with Gasteiger partial charge < -0.3 is 24.8 Å². The predicted molar refractivity (Wildman–Crippen MR) is 96.9 cm³/mol. The van der Waals surface area contributed by atoms with Crippen LogP contribution in [-0.2, 0) is 19.1 Å². The van der Waals surface area contributed by atoms with Crippen molar-refractivity contribution in [3.05, 3.63) is 41.6 Å². The molecule has 1 aliphatic heterocycles. The van der Waals surface area contributed by atoms with E-state index < -0.39 is 30.1 Å². The van der Waals surface area contributed by atoms with Gasteiger partial charge in [-0.3, -0.25) is 0 Å². The third kappa shape index (κ3) is 5.47. The van der Waals surface area contributed by atoms with E-state index in [4.69, 9.17) is 14.2 Å². The molecular weight excluding hydrogens is 352 g/mol. The van der Waals surface area contributed by atoms with Gasteiger partial charge >= 0.3 is 18.0 Å². The highest BCUT2D eigenvalue weighted by molar-refractivity contribution is 5.94. The van der Waals surface area contributed by atoms with E-state index in [2.05, 4.69) is 10.6 Å². The van der Waals surface area contributed by atoms with Crippen LogP contribution in [0.1, 0.15) is 27.2 Å². The minimum atomic E-state index is -0.797. The molecule has 146 valence electrons. The van der Waals surface area contributed by atoms with E-state index in [0.29, 0.717) is 12.2 Å². The average molecular weight is 376 g/mol. The van der Waals surface area contributed by atoms with Crippen molar-refractivity contribution in [2.75, 3.05) is 13.2 Å². The Morgan fingerprint density at radius 3 is 2.48 bits per heavy atom. The summed E-state index contributed by atoms with van der Waals surface area (Å²) < 4.78 is 15.9. The van der Waals surface area contributed by atoms with E-state index in [-0.39, 0.29) is 24.5 Å². The Bertz CT molecular complexity index is 716. The smallest absolute Gasteiger partial charge is 0.347 e. The summed E-state index contributed by atoms with van der Waals surface area (Å²) in [6.07, 6.45) is -0.393. The van der Waals surface area contributed by atoms with Crippen LogP contribution >= 0.6 is 0 Å². The lowest BCUT2D eigenvalue weighted by Crippen LogP contribution is -2.50. The zero-order valence-corrected chi connectivity index (χ0v) is 15.6. The zero-order chi connectivity index (χ0) is 19.8. The van der Waals surface area contributed by atoms with Crippen molar-refractivity contribution >= 4 is 18.0 Å². The minimum Gasteiger partial charge on any atom is -0.479 e. The zero-order valence-electron chi connectivity index (χ0n) is 15.6. The molecule has 2 rings (SSSR count). The van der Waals surface area contributed by atoms with Crippen LogP contribution in [0.5, 0.6) is 5.75 Å². The number of hydrogen-bond acceptors (Lipinski definition) is 6. The van der Waals surface area contributed by atoms with Crippen LogP contribution in [0.25, 0.3) is 0 Å². The van der Waals surface area contributed by atoms with E-state index in [1.807, 2.05) is 6.07 Å². The van der Waals surface area contributed by atoms with Gasteiger partial charge in [-0.05, 0) is 32.4 Å². The average Bonchev–Trinajstić information content (AvgIpc) is 2.64.